The van der Waals surface area contributed by atoms with Gasteiger partial charge >= 0.3 is 0 Å². The van der Waals surface area contributed by atoms with Crippen molar-refractivity contribution in [1.29, 1.82) is 0 Å². The molecule has 0 saturated heterocycles. The molecule has 0 fully saturated rings. The van der Waals surface area contributed by atoms with E-state index in [9.17, 15) is 4.79 Å². The highest BCUT2D eigenvalue weighted by atomic mass is 16.1. The molecule has 1 aromatic carbocycles. The van der Waals surface area contributed by atoms with E-state index in [2.05, 4.69) is 18.3 Å². The molecule has 0 aliphatic heterocycles. The molecule has 3 heteroatoms. The van der Waals surface area contributed by atoms with Crippen molar-refractivity contribution in [2.45, 2.75) is 20.8 Å². The average Bonchev–Trinajstić information content (AvgIpc) is 2.09. The fourth-order valence-electron chi connectivity index (χ4n) is 1.33. The van der Waals surface area contributed by atoms with Gasteiger partial charge in [-0.3, -0.25) is 4.79 Å². The lowest BCUT2D eigenvalue weighted by atomic mass is 10.1. The third-order valence-electron chi connectivity index (χ3n) is 2.29. The van der Waals surface area contributed by atoms with Crippen LogP contribution < -0.4 is 11.1 Å². The largest absolute Gasteiger partial charge is 0.376 e. The topological polar surface area (TPSA) is 55.1 Å². The number of nitrogens with one attached hydrogen (secondary N) is 1. The maximum absolute atomic E-state index is 10.6. The minimum atomic E-state index is -0.345. The van der Waals surface area contributed by atoms with Gasteiger partial charge in [-0.15, -0.1) is 0 Å². The summed E-state index contributed by atoms with van der Waals surface area (Å²) in [5.41, 5.74) is 9.64. The van der Waals surface area contributed by atoms with E-state index in [0.717, 1.165) is 11.3 Å². The monoisotopic (exact) mass is 192 g/mol. The van der Waals surface area contributed by atoms with Gasteiger partial charge in [0.2, 0.25) is 5.91 Å². The van der Waals surface area contributed by atoms with E-state index in [4.69, 9.17) is 5.73 Å². The second-order valence-corrected chi connectivity index (χ2v) is 3.57. The molecule has 1 aromatic rings. The fourth-order valence-corrected chi connectivity index (χ4v) is 1.33. The first-order valence-electron chi connectivity index (χ1n) is 4.60. The van der Waals surface area contributed by atoms with Crippen molar-refractivity contribution in [3.05, 3.63) is 28.8 Å². The molecule has 0 spiro atoms. The van der Waals surface area contributed by atoms with Gasteiger partial charge in [0.25, 0.3) is 0 Å². The summed E-state index contributed by atoms with van der Waals surface area (Å²) in [6, 6.07) is 4.13. The fraction of sp³-hybridized carbons (Fsp3) is 0.364. The van der Waals surface area contributed by atoms with Crippen LogP contribution in [0.4, 0.5) is 5.69 Å². The lowest BCUT2D eigenvalue weighted by Crippen LogP contribution is -2.22. The Morgan fingerprint density at radius 2 is 1.79 bits per heavy atom. The molecule has 76 valence electrons. The van der Waals surface area contributed by atoms with Gasteiger partial charge in [0.15, 0.2) is 0 Å². The number of rotatable bonds is 3. The summed E-state index contributed by atoms with van der Waals surface area (Å²) in [5, 5.41) is 3.01. The molecule has 0 saturated carbocycles. The third kappa shape index (κ3) is 2.49. The van der Waals surface area contributed by atoms with Crippen LogP contribution in [0.15, 0.2) is 12.1 Å². The van der Waals surface area contributed by atoms with Gasteiger partial charge in [0.1, 0.15) is 0 Å². The van der Waals surface area contributed by atoms with Crippen molar-refractivity contribution < 1.29 is 4.79 Å². The Kier molecular flexibility index (Phi) is 3.12. The molecule has 0 unspecified atom stereocenters. The molecule has 3 N–H and O–H groups in total. The first-order chi connectivity index (χ1) is 6.50. The van der Waals surface area contributed by atoms with Crippen LogP contribution in [0.2, 0.25) is 0 Å². The molecule has 0 heterocycles. The van der Waals surface area contributed by atoms with E-state index in [-0.39, 0.29) is 12.5 Å². The molecular formula is C11H16N2O. The summed E-state index contributed by atoms with van der Waals surface area (Å²) < 4.78 is 0. The molecule has 0 aliphatic carbocycles. The molecule has 14 heavy (non-hydrogen) atoms. The Balaban J connectivity index is 2.87. The van der Waals surface area contributed by atoms with Crippen LogP contribution in [0.25, 0.3) is 0 Å². The van der Waals surface area contributed by atoms with E-state index in [1.165, 1.54) is 11.1 Å². The lowest BCUT2D eigenvalue weighted by Gasteiger charge is -2.10. The zero-order valence-electron chi connectivity index (χ0n) is 8.85. The second-order valence-electron chi connectivity index (χ2n) is 3.57. The number of carbonyl (C=O) groups excluding carboxylic acids is 1. The van der Waals surface area contributed by atoms with Gasteiger partial charge in [-0.25, -0.2) is 0 Å². The van der Waals surface area contributed by atoms with Crippen LogP contribution in [0.5, 0.6) is 0 Å². The Labute approximate surface area is 84.3 Å². The second kappa shape index (κ2) is 4.13. The first-order valence-corrected chi connectivity index (χ1v) is 4.60. The van der Waals surface area contributed by atoms with Crippen molar-refractivity contribution in [2.75, 3.05) is 11.9 Å². The molecule has 0 atom stereocenters. The lowest BCUT2D eigenvalue weighted by molar-refractivity contribution is -0.116. The van der Waals surface area contributed by atoms with Gasteiger partial charge in [-0.1, -0.05) is 6.07 Å². The van der Waals surface area contributed by atoms with Gasteiger partial charge in [-0.2, -0.15) is 0 Å². The van der Waals surface area contributed by atoms with Crippen molar-refractivity contribution in [2.24, 2.45) is 5.73 Å². The smallest absolute Gasteiger partial charge is 0.236 e. The van der Waals surface area contributed by atoms with Crippen LogP contribution in [-0.2, 0) is 4.79 Å². The molecule has 1 rings (SSSR count). The summed E-state index contributed by atoms with van der Waals surface area (Å²) in [6.07, 6.45) is 0. The Morgan fingerprint density at radius 1 is 1.21 bits per heavy atom. The summed E-state index contributed by atoms with van der Waals surface area (Å²) in [4.78, 5) is 10.6. The zero-order chi connectivity index (χ0) is 10.7. The van der Waals surface area contributed by atoms with Gasteiger partial charge < -0.3 is 11.1 Å². The maximum Gasteiger partial charge on any atom is 0.236 e. The van der Waals surface area contributed by atoms with Gasteiger partial charge in [0.05, 0.1) is 6.54 Å². The Morgan fingerprint density at radius 3 is 2.36 bits per heavy atom. The predicted octanol–water partition coefficient (Wildman–Crippen LogP) is 1.51. The van der Waals surface area contributed by atoms with Crippen LogP contribution in [0.1, 0.15) is 16.7 Å². The molecule has 0 bridgehead atoms. The number of primary amides is 1. The highest BCUT2D eigenvalue weighted by Gasteiger charge is 2.02. The molecule has 1 amide bonds. The SMILES string of the molecule is Cc1cc(C)c(NCC(N)=O)cc1C. The van der Waals surface area contributed by atoms with Gasteiger partial charge in [-0.05, 0) is 43.5 Å². The number of anilines is 1. The van der Waals surface area contributed by atoms with E-state index < -0.39 is 0 Å². The molecule has 0 aromatic heterocycles. The summed E-state index contributed by atoms with van der Waals surface area (Å²) in [6.45, 7) is 6.31. The standard InChI is InChI=1S/C11H16N2O/c1-7-4-9(3)10(5-8(7)2)13-6-11(12)14/h4-5,13H,6H2,1-3H3,(H2,12,14). The van der Waals surface area contributed by atoms with E-state index >= 15 is 0 Å². The average molecular weight is 192 g/mol. The van der Waals surface area contributed by atoms with Crippen LogP contribution in [-0.4, -0.2) is 12.5 Å². The van der Waals surface area contributed by atoms with E-state index in [0.29, 0.717) is 0 Å². The third-order valence-corrected chi connectivity index (χ3v) is 2.29. The molecule has 3 nitrogen and oxygen atoms in total. The summed E-state index contributed by atoms with van der Waals surface area (Å²) >= 11 is 0. The molecular weight excluding hydrogens is 176 g/mol. The van der Waals surface area contributed by atoms with Crippen molar-refractivity contribution in [3.8, 4) is 0 Å². The highest BCUT2D eigenvalue weighted by Crippen LogP contribution is 2.19. The normalized spacial score (nSPS) is 9.93. The Hall–Kier alpha value is -1.51. The molecule has 0 radical (unpaired) electrons. The number of nitrogens with two attached hydrogens (primary N) is 1. The van der Waals surface area contributed by atoms with E-state index in [1.807, 2.05) is 19.9 Å². The van der Waals surface area contributed by atoms with Gasteiger partial charge in [0, 0.05) is 5.69 Å². The maximum atomic E-state index is 10.6. The first kappa shape index (κ1) is 10.6. The van der Waals surface area contributed by atoms with E-state index in [1.54, 1.807) is 0 Å². The molecule has 0 aliphatic rings. The summed E-state index contributed by atoms with van der Waals surface area (Å²) in [5.74, 6) is -0.345. The number of benzene rings is 1. The van der Waals surface area contributed by atoms with Crippen molar-refractivity contribution in [3.63, 3.8) is 0 Å². The van der Waals surface area contributed by atoms with Crippen LogP contribution >= 0.6 is 0 Å². The minimum Gasteiger partial charge on any atom is -0.376 e. The quantitative estimate of drug-likeness (QED) is 0.762. The minimum absolute atomic E-state index is 0.184. The Bertz CT molecular complexity index is 359. The van der Waals surface area contributed by atoms with Crippen LogP contribution in [0, 0.1) is 20.8 Å². The van der Waals surface area contributed by atoms with Crippen molar-refractivity contribution in [1.82, 2.24) is 0 Å². The number of hydrogen-bond acceptors (Lipinski definition) is 2. The number of amides is 1. The van der Waals surface area contributed by atoms with Crippen LogP contribution in [0.3, 0.4) is 0 Å². The number of carbonyl (C=O) groups is 1. The zero-order valence-corrected chi connectivity index (χ0v) is 8.85. The summed E-state index contributed by atoms with van der Waals surface area (Å²) in [7, 11) is 0. The highest BCUT2D eigenvalue weighted by molar-refractivity contribution is 5.79. The number of aryl methyl sites for hydroxylation is 3. The van der Waals surface area contributed by atoms with Crippen molar-refractivity contribution >= 4 is 11.6 Å². The number of hydrogen-bond donors (Lipinski definition) is 2. The predicted molar refractivity (Wildman–Crippen MR) is 58.3 cm³/mol.